The highest BCUT2D eigenvalue weighted by atomic mass is 32.1. The third kappa shape index (κ3) is 3.08. The predicted molar refractivity (Wildman–Crippen MR) is 193 cm³/mol. The summed E-state index contributed by atoms with van der Waals surface area (Å²) in [6.07, 6.45) is 0. The molecule has 208 valence electrons. The molecule has 0 aliphatic heterocycles. The molecule has 0 radical (unpaired) electrons. The van der Waals surface area contributed by atoms with E-state index in [0.29, 0.717) is 0 Å². The monoisotopic (exact) mass is 589 g/mol. The minimum Gasteiger partial charge on any atom is -0.454 e. The van der Waals surface area contributed by atoms with Gasteiger partial charge in [0.15, 0.2) is 5.58 Å². The molecule has 11 rings (SSSR count). The second-order valence-corrected chi connectivity index (χ2v) is 13.1. The van der Waals surface area contributed by atoms with Crippen LogP contribution in [0.3, 0.4) is 0 Å². The van der Waals surface area contributed by atoms with Gasteiger partial charge < -0.3 is 8.98 Å². The number of para-hydroxylation sites is 2. The number of fused-ring (bicyclic) bond motifs is 15. The Labute approximate surface area is 260 Å². The summed E-state index contributed by atoms with van der Waals surface area (Å²) >= 11 is 1.92. The van der Waals surface area contributed by atoms with Crippen molar-refractivity contribution in [2.24, 2.45) is 0 Å². The van der Waals surface area contributed by atoms with Gasteiger partial charge in [0.1, 0.15) is 5.58 Å². The Hall–Kier alpha value is -5.64. The van der Waals surface area contributed by atoms with Crippen LogP contribution in [0.1, 0.15) is 0 Å². The van der Waals surface area contributed by atoms with E-state index in [1.807, 2.05) is 17.4 Å². The van der Waals surface area contributed by atoms with E-state index >= 15 is 0 Å². The van der Waals surface area contributed by atoms with E-state index in [1.54, 1.807) is 0 Å². The van der Waals surface area contributed by atoms with Crippen molar-refractivity contribution in [3.63, 3.8) is 0 Å². The van der Waals surface area contributed by atoms with Crippen LogP contribution in [0, 0.1) is 0 Å². The molecule has 0 atom stereocenters. The fourth-order valence-corrected chi connectivity index (χ4v) is 9.06. The lowest BCUT2D eigenvalue weighted by Gasteiger charge is -2.09. The van der Waals surface area contributed by atoms with Crippen LogP contribution in [0.4, 0.5) is 0 Å². The van der Waals surface area contributed by atoms with E-state index in [1.165, 1.54) is 74.3 Å². The maximum atomic E-state index is 6.61. The van der Waals surface area contributed by atoms with Crippen molar-refractivity contribution in [3.05, 3.63) is 140 Å². The summed E-state index contributed by atoms with van der Waals surface area (Å²) in [5.41, 5.74) is 5.28. The maximum Gasteiger partial charge on any atom is 0.159 e. The Balaban J connectivity index is 1.34. The summed E-state index contributed by atoms with van der Waals surface area (Å²) in [6.45, 7) is 0. The van der Waals surface area contributed by atoms with E-state index in [0.717, 1.165) is 27.6 Å². The van der Waals surface area contributed by atoms with Gasteiger partial charge in [0.25, 0.3) is 0 Å². The lowest BCUT2D eigenvalue weighted by atomic mass is 9.99. The molecular weight excluding hydrogens is 567 g/mol. The number of aromatic nitrogens is 1. The quantitative estimate of drug-likeness (QED) is 0.174. The van der Waals surface area contributed by atoms with E-state index < -0.39 is 0 Å². The second-order valence-electron chi connectivity index (χ2n) is 12.1. The number of thiophene rings is 1. The predicted octanol–water partition coefficient (Wildman–Crippen LogP) is 12.5. The van der Waals surface area contributed by atoms with Crippen molar-refractivity contribution in [1.29, 1.82) is 0 Å². The summed E-state index contributed by atoms with van der Waals surface area (Å²) in [7, 11) is 0. The van der Waals surface area contributed by atoms with Gasteiger partial charge in [-0.3, -0.25) is 0 Å². The highest BCUT2D eigenvalue weighted by Crippen LogP contribution is 2.46. The smallest absolute Gasteiger partial charge is 0.159 e. The normalized spacial score (nSPS) is 12.4. The topological polar surface area (TPSA) is 18.1 Å². The van der Waals surface area contributed by atoms with Gasteiger partial charge in [0.2, 0.25) is 0 Å². The summed E-state index contributed by atoms with van der Waals surface area (Å²) < 4.78 is 11.7. The summed E-state index contributed by atoms with van der Waals surface area (Å²) in [6, 6.07) is 50.9. The molecule has 0 bridgehead atoms. The Morgan fingerprint density at radius 1 is 0.444 bits per heavy atom. The molecule has 11 aromatic rings. The number of rotatable bonds is 1. The van der Waals surface area contributed by atoms with Crippen molar-refractivity contribution < 1.29 is 4.42 Å². The molecule has 0 aliphatic carbocycles. The second kappa shape index (κ2) is 8.50. The number of furan rings is 1. The Morgan fingerprint density at radius 3 is 2.00 bits per heavy atom. The van der Waals surface area contributed by atoms with Crippen LogP contribution >= 0.6 is 11.3 Å². The average Bonchev–Trinajstić information content (AvgIpc) is 3.76. The summed E-state index contributed by atoms with van der Waals surface area (Å²) in [5.74, 6) is 0. The number of hydrogen-bond donors (Lipinski definition) is 0. The largest absolute Gasteiger partial charge is 0.454 e. The number of nitrogens with zero attached hydrogens (tertiary/aromatic N) is 1. The van der Waals surface area contributed by atoms with E-state index in [-0.39, 0.29) is 0 Å². The highest BCUT2D eigenvalue weighted by molar-refractivity contribution is 7.26. The minimum atomic E-state index is 0.913. The molecule has 3 aromatic heterocycles. The Kier molecular flexibility index (Phi) is 4.49. The first-order valence-electron chi connectivity index (χ1n) is 15.4. The van der Waals surface area contributed by atoms with Gasteiger partial charge in [0.05, 0.1) is 16.7 Å². The zero-order valence-electron chi connectivity index (χ0n) is 24.0. The van der Waals surface area contributed by atoms with Crippen LogP contribution in [0.25, 0.3) is 102 Å². The molecule has 0 unspecified atom stereocenters. The third-order valence-electron chi connectivity index (χ3n) is 9.75. The highest BCUT2D eigenvalue weighted by Gasteiger charge is 2.21. The molecule has 3 heterocycles. The maximum absolute atomic E-state index is 6.61. The molecular formula is C42H23NOS. The van der Waals surface area contributed by atoms with Crippen molar-refractivity contribution in [2.75, 3.05) is 0 Å². The molecule has 45 heavy (non-hydrogen) atoms. The van der Waals surface area contributed by atoms with Gasteiger partial charge in [-0.05, 0) is 57.3 Å². The molecule has 0 aliphatic rings. The molecule has 8 aromatic carbocycles. The van der Waals surface area contributed by atoms with Gasteiger partial charge >= 0.3 is 0 Å². The Bertz CT molecular complexity index is 3050. The van der Waals surface area contributed by atoms with Crippen molar-refractivity contribution >= 4 is 108 Å². The average molecular weight is 590 g/mol. The zero-order chi connectivity index (χ0) is 29.2. The van der Waals surface area contributed by atoms with Crippen LogP contribution in [0.5, 0.6) is 0 Å². The standard InChI is InChI=1S/C42H23NOS/c1-3-10-27-24(8-1)16-17-26-18-20-31-32-22-36-33(23-38(32)45-42(31)39(26)27)40-28-11-4-2-9-25(28)19-21-34(40)43(36)35-14-7-13-30-29-12-5-6-15-37(29)44-41(30)35/h1-23H. The van der Waals surface area contributed by atoms with Crippen LogP contribution in [0.2, 0.25) is 0 Å². The summed E-state index contributed by atoms with van der Waals surface area (Å²) in [5, 5.41) is 15.2. The van der Waals surface area contributed by atoms with Crippen molar-refractivity contribution in [2.45, 2.75) is 0 Å². The lowest BCUT2D eigenvalue weighted by molar-refractivity contribution is 0.666. The molecule has 0 spiro atoms. The van der Waals surface area contributed by atoms with E-state index in [4.69, 9.17) is 4.42 Å². The van der Waals surface area contributed by atoms with Crippen LogP contribution < -0.4 is 0 Å². The third-order valence-corrected chi connectivity index (χ3v) is 10.9. The van der Waals surface area contributed by atoms with Gasteiger partial charge in [-0.2, -0.15) is 0 Å². The van der Waals surface area contributed by atoms with Crippen LogP contribution in [-0.2, 0) is 0 Å². The molecule has 2 nitrogen and oxygen atoms in total. The van der Waals surface area contributed by atoms with Gasteiger partial charge in [-0.15, -0.1) is 11.3 Å². The van der Waals surface area contributed by atoms with Gasteiger partial charge in [0, 0.05) is 47.1 Å². The van der Waals surface area contributed by atoms with Gasteiger partial charge in [-0.25, -0.2) is 0 Å². The number of hydrogen-bond acceptors (Lipinski definition) is 2. The fraction of sp³-hybridized carbons (Fsp3) is 0. The first-order chi connectivity index (χ1) is 22.3. The first kappa shape index (κ1) is 23.8. The molecule has 0 N–H and O–H groups in total. The van der Waals surface area contributed by atoms with E-state index in [9.17, 15) is 0 Å². The van der Waals surface area contributed by atoms with Crippen molar-refractivity contribution in [3.8, 4) is 5.69 Å². The Morgan fingerprint density at radius 2 is 1.13 bits per heavy atom. The van der Waals surface area contributed by atoms with Crippen molar-refractivity contribution in [1.82, 2.24) is 4.57 Å². The molecule has 0 saturated carbocycles. The zero-order valence-corrected chi connectivity index (χ0v) is 24.9. The molecule has 3 heteroatoms. The first-order valence-corrected chi connectivity index (χ1v) is 16.2. The van der Waals surface area contributed by atoms with E-state index in [2.05, 4.69) is 138 Å². The summed E-state index contributed by atoms with van der Waals surface area (Å²) in [4.78, 5) is 0. The van der Waals surface area contributed by atoms with Crippen LogP contribution in [-0.4, -0.2) is 4.57 Å². The van der Waals surface area contributed by atoms with Crippen LogP contribution in [0.15, 0.2) is 144 Å². The lowest BCUT2D eigenvalue weighted by Crippen LogP contribution is -1.94. The fourth-order valence-electron chi connectivity index (χ4n) is 7.77. The molecule has 0 saturated heterocycles. The molecule has 0 fully saturated rings. The SMILES string of the molecule is c1ccc2c(c1)ccc1ccc3c4cc5c(cc4sc3c12)c1c2ccccc2ccc1n5-c1cccc2c1oc1ccccc12. The van der Waals surface area contributed by atoms with Gasteiger partial charge in [-0.1, -0.05) is 109 Å². The number of benzene rings is 8. The minimum absolute atomic E-state index is 0.913. The molecule has 0 amide bonds.